The fourth-order valence-electron chi connectivity index (χ4n) is 3.28. The molecule has 32 heavy (non-hydrogen) atoms. The number of nitrogens with zero attached hydrogens (tertiary/aromatic N) is 1. The first-order valence-electron chi connectivity index (χ1n) is 9.51. The lowest BCUT2D eigenvalue weighted by molar-refractivity contribution is -0.137. The molecule has 0 aliphatic heterocycles. The van der Waals surface area contributed by atoms with Gasteiger partial charge in [-0.3, -0.25) is 15.0 Å². The smallest absolute Gasteiger partial charge is 0.341 e. The highest BCUT2D eigenvalue weighted by Crippen LogP contribution is 2.26. The van der Waals surface area contributed by atoms with E-state index in [1.165, 1.54) is 16.7 Å². The van der Waals surface area contributed by atoms with Gasteiger partial charge in [-0.25, -0.2) is 4.79 Å². The molecular weight excluding hydrogens is 418 g/mol. The van der Waals surface area contributed by atoms with Crippen LogP contribution in [-0.2, 0) is 11.3 Å². The number of nitrogen functional groups attached to an aromatic ring is 1. The monoisotopic (exact) mass is 439 g/mol. The number of carboxylic acids is 2. The van der Waals surface area contributed by atoms with E-state index in [0.29, 0.717) is 28.1 Å². The summed E-state index contributed by atoms with van der Waals surface area (Å²) < 4.78 is 12.6. The number of rotatable bonds is 9. The molecule has 2 aromatic carbocycles. The van der Waals surface area contributed by atoms with E-state index < -0.39 is 29.5 Å². The van der Waals surface area contributed by atoms with Gasteiger partial charge in [0.2, 0.25) is 5.43 Å². The molecule has 5 N–H and O–H groups in total. The van der Waals surface area contributed by atoms with Crippen LogP contribution in [0.1, 0.15) is 21.5 Å². The minimum Gasteiger partial charge on any atom is -0.490 e. The molecule has 0 amide bonds. The van der Waals surface area contributed by atoms with Crippen LogP contribution in [0.5, 0.6) is 11.5 Å². The lowest BCUT2D eigenvalue weighted by Crippen LogP contribution is -2.21. The number of ether oxygens (including phenoxy) is 2. The molecule has 0 saturated heterocycles. The molecule has 3 aromatic rings. The van der Waals surface area contributed by atoms with Gasteiger partial charge in [0.25, 0.3) is 0 Å². The molecule has 10 nitrogen and oxygen atoms in total. The highest BCUT2D eigenvalue weighted by Gasteiger charge is 2.18. The van der Waals surface area contributed by atoms with Crippen LogP contribution >= 0.6 is 0 Å². The van der Waals surface area contributed by atoms with Crippen molar-refractivity contribution in [2.24, 2.45) is 5.73 Å². The van der Waals surface area contributed by atoms with Gasteiger partial charge in [-0.2, -0.15) is 0 Å². The van der Waals surface area contributed by atoms with E-state index in [1.54, 1.807) is 31.2 Å². The molecule has 0 atom stereocenters. The maximum absolute atomic E-state index is 12.5. The summed E-state index contributed by atoms with van der Waals surface area (Å²) in [5, 5.41) is 25.9. The van der Waals surface area contributed by atoms with Crippen LogP contribution < -0.4 is 20.6 Å². The topological polar surface area (TPSA) is 165 Å². The first-order valence-corrected chi connectivity index (χ1v) is 9.51. The van der Waals surface area contributed by atoms with Gasteiger partial charge in [-0.05, 0) is 43.3 Å². The van der Waals surface area contributed by atoms with Gasteiger partial charge in [0.1, 0.15) is 42.7 Å². The Bertz CT molecular complexity index is 1260. The average molecular weight is 439 g/mol. The second-order valence-electron chi connectivity index (χ2n) is 6.92. The normalized spacial score (nSPS) is 10.7. The van der Waals surface area contributed by atoms with Crippen molar-refractivity contribution in [2.45, 2.75) is 13.5 Å². The van der Waals surface area contributed by atoms with Crippen LogP contribution in [0.4, 0.5) is 0 Å². The molecule has 0 radical (unpaired) electrons. The van der Waals surface area contributed by atoms with Crippen LogP contribution in [0.2, 0.25) is 0 Å². The van der Waals surface area contributed by atoms with Crippen molar-refractivity contribution >= 4 is 28.7 Å². The molecule has 166 valence electrons. The fraction of sp³-hybridized carbons (Fsp3) is 0.182. The number of pyridine rings is 1. The standard InChI is InChI=1S/C22H21N3O7/c1-12-17(32-9-8-31-14-4-2-13(3-5-14)21(23)24)7-6-15-19(12)25(11-18(26)27)10-16(20(15)28)22(29)30/h2-7,10H,8-9,11H2,1H3,(H3,23,24)(H,26,27)(H,29,30). The predicted octanol–water partition coefficient (Wildman–Crippen LogP) is 1.83. The Morgan fingerprint density at radius 1 is 1.06 bits per heavy atom. The quantitative estimate of drug-likeness (QED) is 0.223. The van der Waals surface area contributed by atoms with E-state index in [1.807, 2.05) is 0 Å². The minimum absolute atomic E-state index is 0.0384. The molecule has 10 heteroatoms. The molecule has 0 aliphatic carbocycles. The van der Waals surface area contributed by atoms with E-state index in [2.05, 4.69) is 0 Å². The van der Waals surface area contributed by atoms with E-state index in [-0.39, 0.29) is 24.4 Å². The summed E-state index contributed by atoms with van der Waals surface area (Å²) in [4.78, 5) is 35.2. The number of amidine groups is 1. The summed E-state index contributed by atoms with van der Waals surface area (Å²) >= 11 is 0. The zero-order valence-electron chi connectivity index (χ0n) is 17.1. The number of nitrogens with one attached hydrogen (secondary N) is 1. The van der Waals surface area contributed by atoms with Gasteiger partial charge in [-0.15, -0.1) is 0 Å². The van der Waals surface area contributed by atoms with E-state index >= 15 is 0 Å². The van der Waals surface area contributed by atoms with Gasteiger partial charge in [0.05, 0.1) is 5.52 Å². The molecule has 0 saturated carbocycles. The number of fused-ring (bicyclic) bond motifs is 1. The third-order valence-electron chi connectivity index (χ3n) is 4.75. The number of aliphatic carboxylic acids is 1. The number of aromatic nitrogens is 1. The second kappa shape index (κ2) is 9.21. The summed E-state index contributed by atoms with van der Waals surface area (Å²) in [6, 6.07) is 9.66. The Balaban J connectivity index is 1.81. The van der Waals surface area contributed by atoms with Crippen molar-refractivity contribution in [2.75, 3.05) is 13.2 Å². The van der Waals surface area contributed by atoms with Crippen molar-refractivity contribution in [3.63, 3.8) is 0 Å². The van der Waals surface area contributed by atoms with Gasteiger partial charge in [-0.1, -0.05) is 0 Å². The average Bonchev–Trinajstić information content (AvgIpc) is 2.74. The maximum Gasteiger partial charge on any atom is 0.341 e. The Labute approximate surface area is 181 Å². The third-order valence-corrected chi connectivity index (χ3v) is 4.75. The number of aromatic carboxylic acids is 1. The van der Waals surface area contributed by atoms with Crippen LogP contribution in [0.25, 0.3) is 10.9 Å². The number of benzene rings is 2. The van der Waals surface area contributed by atoms with Crippen LogP contribution in [0.15, 0.2) is 47.4 Å². The van der Waals surface area contributed by atoms with Gasteiger partial charge in [0, 0.05) is 22.7 Å². The van der Waals surface area contributed by atoms with Crippen LogP contribution in [0, 0.1) is 12.3 Å². The zero-order chi connectivity index (χ0) is 23.4. The van der Waals surface area contributed by atoms with Crippen molar-refractivity contribution in [3.8, 4) is 11.5 Å². The molecule has 0 unspecified atom stereocenters. The SMILES string of the molecule is Cc1c(OCCOc2ccc(C(=N)N)cc2)ccc2c(=O)c(C(=O)O)cn(CC(=O)O)c12. The van der Waals surface area contributed by atoms with E-state index in [9.17, 15) is 24.6 Å². The van der Waals surface area contributed by atoms with Crippen LogP contribution in [0.3, 0.4) is 0 Å². The summed E-state index contributed by atoms with van der Waals surface area (Å²) in [5.41, 5.74) is 5.59. The van der Waals surface area contributed by atoms with Crippen molar-refractivity contribution in [1.82, 2.24) is 4.57 Å². The van der Waals surface area contributed by atoms with Gasteiger partial charge in [0.15, 0.2) is 0 Å². The van der Waals surface area contributed by atoms with E-state index in [0.717, 1.165) is 6.20 Å². The lowest BCUT2D eigenvalue weighted by Gasteiger charge is -2.16. The molecule has 3 rings (SSSR count). The second-order valence-corrected chi connectivity index (χ2v) is 6.92. The summed E-state index contributed by atoms with van der Waals surface area (Å²) in [6.45, 7) is 1.52. The minimum atomic E-state index is -1.43. The molecule has 0 aliphatic rings. The predicted molar refractivity (Wildman–Crippen MR) is 116 cm³/mol. The number of aryl methyl sites for hydroxylation is 1. The number of hydrogen-bond acceptors (Lipinski definition) is 6. The summed E-state index contributed by atoms with van der Waals surface area (Å²) in [5.74, 6) is -1.66. The Kier molecular flexibility index (Phi) is 6.43. The Hall–Kier alpha value is -4.34. The van der Waals surface area contributed by atoms with E-state index in [4.69, 9.17) is 20.6 Å². The third kappa shape index (κ3) is 4.69. The summed E-state index contributed by atoms with van der Waals surface area (Å²) in [7, 11) is 0. The van der Waals surface area contributed by atoms with Crippen molar-refractivity contribution in [3.05, 3.63) is 69.5 Å². The summed E-state index contributed by atoms with van der Waals surface area (Å²) in [6.07, 6.45) is 1.03. The largest absolute Gasteiger partial charge is 0.490 e. The number of hydrogen-bond donors (Lipinski definition) is 4. The highest BCUT2D eigenvalue weighted by atomic mass is 16.5. The number of carboxylic acid groups (broad SMARTS) is 2. The first-order chi connectivity index (χ1) is 15.2. The fourth-order valence-corrected chi connectivity index (χ4v) is 3.28. The molecule has 1 heterocycles. The van der Waals surface area contributed by atoms with Gasteiger partial charge < -0.3 is 30.0 Å². The maximum atomic E-state index is 12.5. The number of nitrogens with two attached hydrogens (primary N) is 1. The lowest BCUT2D eigenvalue weighted by atomic mass is 10.1. The molecule has 1 aromatic heterocycles. The molecular formula is C22H21N3O7. The Morgan fingerprint density at radius 2 is 1.72 bits per heavy atom. The molecule has 0 bridgehead atoms. The molecule has 0 spiro atoms. The van der Waals surface area contributed by atoms with Gasteiger partial charge >= 0.3 is 11.9 Å². The van der Waals surface area contributed by atoms with Crippen molar-refractivity contribution in [1.29, 1.82) is 5.41 Å². The zero-order valence-corrected chi connectivity index (χ0v) is 17.1. The Morgan fingerprint density at radius 3 is 2.31 bits per heavy atom. The first kappa shape index (κ1) is 22.3. The van der Waals surface area contributed by atoms with Crippen LogP contribution in [-0.4, -0.2) is 45.8 Å². The highest BCUT2D eigenvalue weighted by molar-refractivity contribution is 5.95. The number of carbonyl (C=O) groups is 2. The molecule has 0 fully saturated rings. The van der Waals surface area contributed by atoms with Crippen molar-refractivity contribution < 1.29 is 29.3 Å².